The van der Waals surface area contributed by atoms with Crippen molar-refractivity contribution in [2.75, 3.05) is 18.0 Å². The van der Waals surface area contributed by atoms with Gasteiger partial charge in [-0.05, 0) is 44.9 Å². The summed E-state index contributed by atoms with van der Waals surface area (Å²) in [6.45, 7) is 5.20. The Morgan fingerprint density at radius 3 is 2.75 bits per heavy atom. The topological polar surface area (TPSA) is 91.0 Å². The smallest absolute Gasteiger partial charge is 0.293 e. The molecule has 1 aromatic carbocycles. The van der Waals surface area contributed by atoms with Crippen LogP contribution in [0, 0.1) is 5.82 Å². The zero-order chi connectivity index (χ0) is 25.0. The van der Waals surface area contributed by atoms with Crippen LogP contribution in [0.25, 0.3) is 22.2 Å². The van der Waals surface area contributed by atoms with Crippen molar-refractivity contribution >= 4 is 28.5 Å². The van der Waals surface area contributed by atoms with E-state index in [2.05, 4.69) is 15.2 Å². The zero-order valence-corrected chi connectivity index (χ0v) is 20.7. The lowest BCUT2D eigenvalue weighted by Gasteiger charge is -2.36. The average molecular weight is 510 g/mol. The van der Waals surface area contributed by atoms with Crippen molar-refractivity contribution in [2.45, 2.75) is 51.5 Å². The van der Waals surface area contributed by atoms with Gasteiger partial charge in [-0.3, -0.25) is 9.48 Å². The van der Waals surface area contributed by atoms with E-state index in [1.54, 1.807) is 12.1 Å². The second-order valence-electron chi connectivity index (χ2n) is 9.35. The highest BCUT2D eigenvalue weighted by Crippen LogP contribution is 2.36. The molecule has 1 saturated heterocycles. The van der Waals surface area contributed by atoms with Crippen LogP contribution >= 0.6 is 11.6 Å². The highest BCUT2D eigenvalue weighted by molar-refractivity contribution is 6.30. The molecular weight excluding hydrogens is 485 g/mol. The predicted molar refractivity (Wildman–Crippen MR) is 134 cm³/mol. The molecule has 2 atom stereocenters. The van der Waals surface area contributed by atoms with E-state index in [1.807, 2.05) is 35.8 Å². The zero-order valence-electron chi connectivity index (χ0n) is 19.9. The molecule has 36 heavy (non-hydrogen) atoms. The largest absolute Gasteiger partial charge is 0.367 e. The minimum Gasteiger partial charge on any atom is -0.367 e. The molecule has 0 spiro atoms. The number of ether oxygens (including phenoxy) is 1. The number of hydrogen-bond acceptors (Lipinski definition) is 7. The fourth-order valence-electron chi connectivity index (χ4n) is 4.66. The first-order valence-electron chi connectivity index (χ1n) is 12.1. The molecule has 4 heterocycles. The van der Waals surface area contributed by atoms with Gasteiger partial charge in [0, 0.05) is 35.4 Å². The Morgan fingerprint density at radius 1 is 1.17 bits per heavy atom. The highest BCUT2D eigenvalue weighted by atomic mass is 35.5. The van der Waals surface area contributed by atoms with Crippen LogP contribution in [-0.4, -0.2) is 48.7 Å². The molecule has 186 valence electrons. The van der Waals surface area contributed by atoms with Gasteiger partial charge in [0.2, 0.25) is 5.95 Å². The number of hydrogen-bond donors (Lipinski definition) is 0. The lowest BCUT2D eigenvalue weighted by molar-refractivity contribution is -0.0178. The lowest BCUT2D eigenvalue weighted by Crippen LogP contribution is -2.43. The molecule has 1 aliphatic carbocycles. The molecule has 1 aliphatic heterocycles. The van der Waals surface area contributed by atoms with Crippen LogP contribution in [0.4, 0.5) is 10.3 Å². The highest BCUT2D eigenvalue weighted by Gasteiger charge is 2.32. The number of morpholine rings is 1. The van der Waals surface area contributed by atoms with E-state index in [4.69, 9.17) is 21.3 Å². The molecule has 1 saturated carbocycles. The normalized spacial score (nSPS) is 20.3. The Bertz CT molecular complexity index is 1520. The molecule has 3 aromatic heterocycles. The standard InChI is InChI=1S/C25H25ClFN7O2/c1-3-33-24(35)23-19(10-29-33)22(18-7-4-16(26)8-20(18)27)30-25(31-23)32-11-14(2)36-21(13-32)15-9-28-34(12-15)17-5-6-17/h4,7-10,12,14,17,21H,3,5-6,11,13H2,1-2H3/t14-,21-/m0/s1. The number of rotatable bonds is 5. The number of fused-ring (bicyclic) bond motifs is 1. The van der Waals surface area contributed by atoms with Crippen molar-refractivity contribution in [2.24, 2.45) is 0 Å². The van der Waals surface area contributed by atoms with Crippen molar-refractivity contribution in [3.8, 4) is 11.3 Å². The lowest BCUT2D eigenvalue weighted by atomic mass is 10.1. The van der Waals surface area contributed by atoms with Gasteiger partial charge in [0.05, 0.1) is 42.2 Å². The molecular formula is C25H25ClFN7O2. The number of aryl methyl sites for hydroxylation is 1. The number of halogens is 2. The molecule has 0 bridgehead atoms. The summed E-state index contributed by atoms with van der Waals surface area (Å²) in [4.78, 5) is 24.6. The SMILES string of the molecule is CCn1ncc2c(-c3ccc(Cl)cc3F)nc(N3C[C@@H](c4cnn(C5CC5)c4)O[C@@H](C)C3)nc2c1=O. The maximum absolute atomic E-state index is 15.0. The first kappa shape index (κ1) is 23.1. The first-order valence-corrected chi connectivity index (χ1v) is 12.5. The van der Waals surface area contributed by atoms with Crippen molar-refractivity contribution in [3.63, 3.8) is 0 Å². The van der Waals surface area contributed by atoms with Crippen LogP contribution in [0.1, 0.15) is 44.4 Å². The van der Waals surface area contributed by atoms with Gasteiger partial charge in [0.15, 0.2) is 0 Å². The van der Waals surface area contributed by atoms with Crippen LogP contribution < -0.4 is 10.5 Å². The summed E-state index contributed by atoms with van der Waals surface area (Å²) >= 11 is 5.99. The Balaban J connectivity index is 1.46. The molecule has 0 unspecified atom stereocenters. The monoisotopic (exact) mass is 509 g/mol. The van der Waals surface area contributed by atoms with Gasteiger partial charge in [0.1, 0.15) is 17.4 Å². The summed E-state index contributed by atoms with van der Waals surface area (Å²) in [5.41, 5.74) is 1.36. The minimum atomic E-state index is -0.533. The summed E-state index contributed by atoms with van der Waals surface area (Å²) in [5, 5.41) is 9.38. The second kappa shape index (κ2) is 8.94. The van der Waals surface area contributed by atoms with E-state index >= 15 is 4.39 Å². The third-order valence-corrected chi connectivity index (χ3v) is 6.88. The van der Waals surface area contributed by atoms with Crippen LogP contribution in [0.5, 0.6) is 0 Å². The Kier molecular flexibility index (Phi) is 5.72. The van der Waals surface area contributed by atoms with Crippen molar-refractivity contribution in [1.29, 1.82) is 0 Å². The maximum atomic E-state index is 15.0. The maximum Gasteiger partial charge on any atom is 0.293 e. The number of nitrogens with zero attached hydrogens (tertiary/aromatic N) is 7. The van der Waals surface area contributed by atoms with Crippen LogP contribution in [0.15, 0.2) is 41.6 Å². The van der Waals surface area contributed by atoms with E-state index in [1.165, 1.54) is 16.9 Å². The van der Waals surface area contributed by atoms with E-state index in [0.29, 0.717) is 42.7 Å². The molecule has 0 amide bonds. The van der Waals surface area contributed by atoms with Gasteiger partial charge in [-0.25, -0.2) is 19.0 Å². The summed E-state index contributed by atoms with van der Waals surface area (Å²) in [6.07, 6.45) is 7.35. The molecule has 0 radical (unpaired) electrons. The van der Waals surface area contributed by atoms with E-state index < -0.39 is 5.82 Å². The van der Waals surface area contributed by atoms with Crippen molar-refractivity contribution in [3.05, 3.63) is 63.5 Å². The van der Waals surface area contributed by atoms with Gasteiger partial charge < -0.3 is 9.64 Å². The summed E-state index contributed by atoms with van der Waals surface area (Å²) < 4.78 is 24.6. The van der Waals surface area contributed by atoms with E-state index in [0.717, 1.165) is 18.4 Å². The Labute approximate surface area is 211 Å². The summed E-state index contributed by atoms with van der Waals surface area (Å²) in [6, 6.07) is 4.87. The van der Waals surface area contributed by atoms with Gasteiger partial charge in [-0.15, -0.1) is 0 Å². The average Bonchev–Trinajstić information content (AvgIpc) is 3.60. The molecule has 0 N–H and O–H groups in total. The third-order valence-electron chi connectivity index (χ3n) is 6.64. The molecule has 2 fully saturated rings. The number of aromatic nitrogens is 6. The Morgan fingerprint density at radius 2 is 2.00 bits per heavy atom. The summed E-state index contributed by atoms with van der Waals surface area (Å²) in [5.74, 6) is -0.193. The van der Waals surface area contributed by atoms with Crippen molar-refractivity contribution in [1.82, 2.24) is 29.5 Å². The predicted octanol–water partition coefficient (Wildman–Crippen LogP) is 4.16. The fraction of sp³-hybridized carbons (Fsp3) is 0.400. The molecule has 11 heteroatoms. The summed E-state index contributed by atoms with van der Waals surface area (Å²) in [7, 11) is 0. The van der Waals surface area contributed by atoms with Crippen LogP contribution in [0.3, 0.4) is 0 Å². The van der Waals surface area contributed by atoms with Crippen molar-refractivity contribution < 1.29 is 9.13 Å². The quantitative estimate of drug-likeness (QED) is 0.399. The van der Waals surface area contributed by atoms with Gasteiger partial charge >= 0.3 is 0 Å². The first-order chi connectivity index (χ1) is 17.4. The molecule has 9 nitrogen and oxygen atoms in total. The van der Waals surface area contributed by atoms with Gasteiger partial charge in [-0.1, -0.05) is 11.6 Å². The van der Waals surface area contributed by atoms with Crippen LogP contribution in [0.2, 0.25) is 5.02 Å². The van der Waals surface area contributed by atoms with E-state index in [9.17, 15) is 4.79 Å². The molecule has 4 aromatic rings. The number of anilines is 1. The molecule has 2 aliphatic rings. The molecule has 6 rings (SSSR count). The Hall–Kier alpha value is -3.37. The number of benzene rings is 1. The second-order valence-corrected chi connectivity index (χ2v) is 9.79. The fourth-order valence-corrected chi connectivity index (χ4v) is 4.81. The van der Waals surface area contributed by atoms with Gasteiger partial charge in [0.25, 0.3) is 5.56 Å². The van der Waals surface area contributed by atoms with Crippen LogP contribution in [-0.2, 0) is 11.3 Å². The van der Waals surface area contributed by atoms with E-state index in [-0.39, 0.29) is 33.9 Å². The van der Waals surface area contributed by atoms with Gasteiger partial charge in [-0.2, -0.15) is 10.2 Å². The minimum absolute atomic E-state index is 0.118. The third kappa shape index (κ3) is 4.14.